The predicted molar refractivity (Wildman–Crippen MR) is 132 cm³/mol. The maximum absolute atomic E-state index is 13.1. The van der Waals surface area contributed by atoms with E-state index in [4.69, 9.17) is 4.98 Å². The molecule has 0 N–H and O–H groups in total. The van der Waals surface area contributed by atoms with Gasteiger partial charge in [0.25, 0.3) is 5.91 Å². The van der Waals surface area contributed by atoms with E-state index in [-0.39, 0.29) is 11.8 Å². The van der Waals surface area contributed by atoms with E-state index in [2.05, 4.69) is 34.0 Å². The lowest BCUT2D eigenvalue weighted by atomic mass is 10.1. The first-order valence-electron chi connectivity index (χ1n) is 11.7. The number of fused-ring (bicyclic) bond motifs is 1. The highest BCUT2D eigenvalue weighted by Crippen LogP contribution is 2.20. The Kier molecular flexibility index (Phi) is 5.96. The van der Waals surface area contributed by atoms with Crippen LogP contribution in [-0.4, -0.2) is 61.9 Å². The first-order valence-corrected chi connectivity index (χ1v) is 11.7. The minimum Gasteiger partial charge on any atom is -0.353 e. The molecule has 1 amide bonds. The molecule has 1 aliphatic heterocycles. The molecule has 0 unspecified atom stereocenters. The van der Waals surface area contributed by atoms with Crippen LogP contribution < -0.4 is 4.90 Å². The van der Waals surface area contributed by atoms with Crippen molar-refractivity contribution in [2.45, 2.75) is 33.2 Å². The number of carbonyl (C=O) groups is 1. The van der Waals surface area contributed by atoms with Crippen LogP contribution in [0.3, 0.4) is 0 Å². The van der Waals surface area contributed by atoms with E-state index in [0.29, 0.717) is 25.2 Å². The number of rotatable bonds is 5. The number of anilines is 1. The largest absolute Gasteiger partial charge is 0.353 e. The Balaban J connectivity index is 1.22. The third-order valence-corrected chi connectivity index (χ3v) is 6.22. The second-order valence-electron chi connectivity index (χ2n) is 9.09. The summed E-state index contributed by atoms with van der Waals surface area (Å²) in [7, 11) is 0. The van der Waals surface area contributed by atoms with Gasteiger partial charge in [0, 0.05) is 49.4 Å². The van der Waals surface area contributed by atoms with E-state index >= 15 is 0 Å². The Hall–Kier alpha value is -3.81. The molecule has 8 heteroatoms. The minimum atomic E-state index is 0.0687. The van der Waals surface area contributed by atoms with Gasteiger partial charge in [-0.25, -0.2) is 14.6 Å². The molecule has 174 valence electrons. The zero-order valence-electron chi connectivity index (χ0n) is 19.8. The number of aromatic nitrogens is 5. The number of hydrogen-bond acceptors (Lipinski definition) is 6. The van der Waals surface area contributed by atoms with E-state index in [0.717, 1.165) is 47.0 Å². The van der Waals surface area contributed by atoms with E-state index in [1.165, 1.54) is 0 Å². The number of carbonyl (C=O) groups excluding carboxylic acids is 1. The maximum Gasteiger partial charge on any atom is 0.253 e. The fourth-order valence-corrected chi connectivity index (χ4v) is 4.28. The molecule has 3 heterocycles. The van der Waals surface area contributed by atoms with Crippen LogP contribution in [0.5, 0.6) is 0 Å². The average molecular weight is 456 g/mol. The quantitative estimate of drug-likeness (QED) is 0.457. The number of amides is 1. The molecular formula is C26H29N7O. The molecule has 4 aromatic rings. The third-order valence-electron chi connectivity index (χ3n) is 6.22. The van der Waals surface area contributed by atoms with Crippen LogP contribution in [0.15, 0.2) is 54.6 Å². The van der Waals surface area contributed by atoms with Gasteiger partial charge in [0.2, 0.25) is 0 Å². The lowest BCUT2D eigenvalue weighted by molar-refractivity contribution is 0.0746. The molecule has 1 saturated heterocycles. The summed E-state index contributed by atoms with van der Waals surface area (Å²) >= 11 is 0. The van der Waals surface area contributed by atoms with Crippen molar-refractivity contribution < 1.29 is 4.79 Å². The van der Waals surface area contributed by atoms with E-state index in [9.17, 15) is 4.79 Å². The van der Waals surface area contributed by atoms with Crippen LogP contribution in [0.2, 0.25) is 0 Å². The van der Waals surface area contributed by atoms with Crippen LogP contribution in [-0.2, 0) is 6.54 Å². The van der Waals surface area contributed by atoms with Gasteiger partial charge in [-0.15, -0.1) is 5.10 Å². The highest BCUT2D eigenvalue weighted by atomic mass is 16.2. The monoisotopic (exact) mass is 455 g/mol. The molecule has 1 aliphatic rings. The molecule has 0 radical (unpaired) electrons. The molecule has 0 spiro atoms. The lowest BCUT2D eigenvalue weighted by Crippen LogP contribution is -2.49. The van der Waals surface area contributed by atoms with Crippen molar-refractivity contribution in [2.24, 2.45) is 0 Å². The first kappa shape index (κ1) is 22.0. The summed E-state index contributed by atoms with van der Waals surface area (Å²) in [5.74, 6) is 2.17. The topological polar surface area (TPSA) is 80.0 Å². The highest BCUT2D eigenvalue weighted by Gasteiger charge is 2.23. The van der Waals surface area contributed by atoms with Crippen LogP contribution in [0, 0.1) is 6.92 Å². The minimum absolute atomic E-state index is 0.0687. The molecule has 5 rings (SSSR count). The fraction of sp³-hybridized carbons (Fsp3) is 0.346. The summed E-state index contributed by atoms with van der Waals surface area (Å²) in [5.41, 5.74) is 4.65. The van der Waals surface area contributed by atoms with Crippen LogP contribution in [0.25, 0.3) is 11.0 Å². The van der Waals surface area contributed by atoms with Gasteiger partial charge >= 0.3 is 0 Å². The second-order valence-corrected chi connectivity index (χ2v) is 9.09. The zero-order valence-corrected chi connectivity index (χ0v) is 19.8. The molecule has 1 fully saturated rings. The van der Waals surface area contributed by atoms with E-state index in [1.54, 1.807) is 0 Å². The Bertz CT molecular complexity index is 1300. The lowest BCUT2D eigenvalue weighted by Gasteiger charge is -2.35. The van der Waals surface area contributed by atoms with Gasteiger partial charge in [0.15, 0.2) is 0 Å². The molecule has 0 atom stereocenters. The third kappa shape index (κ3) is 4.48. The summed E-state index contributed by atoms with van der Waals surface area (Å²) < 4.78 is 1.88. The second kappa shape index (κ2) is 9.21. The van der Waals surface area contributed by atoms with Crippen molar-refractivity contribution in [1.29, 1.82) is 0 Å². The zero-order chi connectivity index (χ0) is 23.7. The summed E-state index contributed by atoms with van der Waals surface area (Å²) in [5, 5.41) is 8.46. The maximum atomic E-state index is 13.1. The first-order chi connectivity index (χ1) is 16.5. The number of piperazine rings is 1. The molecule has 2 aromatic carbocycles. The Morgan fingerprint density at radius 2 is 1.71 bits per heavy atom. The summed E-state index contributed by atoms with van der Waals surface area (Å²) in [6.07, 6.45) is 0. The van der Waals surface area contributed by atoms with Crippen molar-refractivity contribution in [3.63, 3.8) is 0 Å². The van der Waals surface area contributed by atoms with Crippen molar-refractivity contribution in [1.82, 2.24) is 29.9 Å². The highest BCUT2D eigenvalue weighted by molar-refractivity contribution is 5.94. The summed E-state index contributed by atoms with van der Waals surface area (Å²) in [6, 6.07) is 17.7. The van der Waals surface area contributed by atoms with Crippen molar-refractivity contribution in [3.05, 3.63) is 77.2 Å². The Labute approximate surface area is 199 Å². The predicted octanol–water partition coefficient (Wildman–Crippen LogP) is 3.66. The smallest absolute Gasteiger partial charge is 0.253 e. The van der Waals surface area contributed by atoms with E-state index in [1.807, 2.05) is 71.1 Å². The van der Waals surface area contributed by atoms with Gasteiger partial charge in [-0.3, -0.25) is 4.79 Å². The number of nitrogens with zero attached hydrogens (tertiary/aromatic N) is 7. The van der Waals surface area contributed by atoms with E-state index < -0.39 is 0 Å². The van der Waals surface area contributed by atoms with Gasteiger partial charge < -0.3 is 9.80 Å². The van der Waals surface area contributed by atoms with Gasteiger partial charge in [-0.2, -0.15) is 0 Å². The number of aryl methyl sites for hydroxylation is 1. The van der Waals surface area contributed by atoms with Crippen molar-refractivity contribution >= 4 is 22.8 Å². The standard InChI is InChI=1S/C26H29N7O/c1-18(2)25-27-19(3)16-24(28-25)31-12-14-32(15-13-31)26(34)21-10-8-20(9-11-21)17-33-23-7-5-4-6-22(23)29-30-33/h4-11,16,18H,12-15,17H2,1-3H3. The van der Waals surface area contributed by atoms with Gasteiger partial charge in [-0.05, 0) is 36.8 Å². The number of hydrogen-bond donors (Lipinski definition) is 0. The molecule has 0 bridgehead atoms. The van der Waals surface area contributed by atoms with Gasteiger partial charge in [0.05, 0.1) is 12.1 Å². The molecule has 34 heavy (non-hydrogen) atoms. The molecule has 0 saturated carbocycles. The van der Waals surface area contributed by atoms with Crippen molar-refractivity contribution in [3.8, 4) is 0 Å². The Morgan fingerprint density at radius 1 is 0.971 bits per heavy atom. The van der Waals surface area contributed by atoms with Crippen LogP contribution in [0.4, 0.5) is 5.82 Å². The van der Waals surface area contributed by atoms with Crippen LogP contribution in [0.1, 0.15) is 47.2 Å². The normalized spacial score (nSPS) is 14.2. The number of benzene rings is 2. The summed E-state index contributed by atoms with van der Waals surface area (Å²) in [6.45, 7) is 9.70. The number of para-hydroxylation sites is 1. The van der Waals surface area contributed by atoms with Gasteiger partial charge in [0.1, 0.15) is 17.2 Å². The molecule has 0 aliphatic carbocycles. The SMILES string of the molecule is Cc1cc(N2CCN(C(=O)c3ccc(Cn4nnc5ccccc54)cc3)CC2)nc(C(C)C)n1. The van der Waals surface area contributed by atoms with Crippen molar-refractivity contribution in [2.75, 3.05) is 31.1 Å². The molecule has 2 aromatic heterocycles. The van der Waals surface area contributed by atoms with Gasteiger partial charge in [-0.1, -0.05) is 43.3 Å². The average Bonchev–Trinajstić information content (AvgIpc) is 3.26. The summed E-state index contributed by atoms with van der Waals surface area (Å²) in [4.78, 5) is 26.6. The Morgan fingerprint density at radius 3 is 2.44 bits per heavy atom. The molecular weight excluding hydrogens is 426 g/mol. The molecule has 8 nitrogen and oxygen atoms in total. The van der Waals surface area contributed by atoms with Crippen LogP contribution >= 0.6 is 0 Å². The fourth-order valence-electron chi connectivity index (χ4n) is 4.28.